The molecule has 0 saturated heterocycles. The maximum atomic E-state index is 11.6. The second-order valence-corrected chi connectivity index (χ2v) is 4.41. The summed E-state index contributed by atoms with van der Waals surface area (Å²) >= 11 is 1.97. The molecule has 1 atom stereocenters. The van der Waals surface area contributed by atoms with Crippen molar-refractivity contribution in [1.29, 1.82) is 0 Å². The minimum atomic E-state index is -0.390. The van der Waals surface area contributed by atoms with Crippen LogP contribution in [0.2, 0.25) is 0 Å². The Morgan fingerprint density at radius 2 is 2.36 bits per heavy atom. The van der Waals surface area contributed by atoms with Crippen LogP contribution in [0.25, 0.3) is 0 Å². The SMILES string of the molecule is Cc1ncc(I)c(=O)n1CCC(C)O. The van der Waals surface area contributed by atoms with E-state index in [0.717, 1.165) is 0 Å². The number of aryl methyl sites for hydroxylation is 1. The van der Waals surface area contributed by atoms with Gasteiger partial charge in [-0.25, -0.2) is 4.98 Å². The lowest BCUT2D eigenvalue weighted by Gasteiger charge is -2.10. The number of aromatic nitrogens is 2. The van der Waals surface area contributed by atoms with Crippen LogP contribution in [-0.4, -0.2) is 20.8 Å². The predicted molar refractivity (Wildman–Crippen MR) is 62.2 cm³/mol. The summed E-state index contributed by atoms with van der Waals surface area (Å²) in [5.41, 5.74) is -0.0289. The van der Waals surface area contributed by atoms with Gasteiger partial charge in [-0.3, -0.25) is 9.36 Å². The number of halogens is 1. The number of hydrogen-bond acceptors (Lipinski definition) is 3. The molecule has 4 nitrogen and oxygen atoms in total. The third kappa shape index (κ3) is 2.78. The smallest absolute Gasteiger partial charge is 0.266 e. The molecule has 5 heteroatoms. The maximum absolute atomic E-state index is 11.6. The second kappa shape index (κ2) is 4.88. The molecule has 0 fully saturated rings. The summed E-state index contributed by atoms with van der Waals surface area (Å²) < 4.78 is 2.20. The molecule has 0 aliphatic carbocycles. The third-order valence-corrected chi connectivity index (χ3v) is 2.72. The van der Waals surface area contributed by atoms with Crippen molar-refractivity contribution >= 4 is 22.6 Å². The molecule has 0 aliphatic rings. The minimum absolute atomic E-state index is 0.0289. The Kier molecular flexibility index (Phi) is 4.06. The number of rotatable bonds is 3. The standard InChI is InChI=1S/C9H13IN2O2/c1-6(13)3-4-12-7(2)11-5-8(10)9(12)14/h5-6,13H,3-4H2,1-2H3. The molecule has 1 aromatic heterocycles. The van der Waals surface area contributed by atoms with Gasteiger partial charge >= 0.3 is 0 Å². The highest BCUT2D eigenvalue weighted by atomic mass is 127. The largest absolute Gasteiger partial charge is 0.393 e. The van der Waals surface area contributed by atoms with Gasteiger partial charge in [-0.2, -0.15) is 0 Å². The highest BCUT2D eigenvalue weighted by Crippen LogP contribution is 2.00. The van der Waals surface area contributed by atoms with Crippen molar-refractivity contribution in [3.05, 3.63) is 25.9 Å². The van der Waals surface area contributed by atoms with E-state index in [-0.39, 0.29) is 11.7 Å². The Morgan fingerprint density at radius 1 is 1.71 bits per heavy atom. The lowest BCUT2D eigenvalue weighted by Crippen LogP contribution is -2.26. The van der Waals surface area contributed by atoms with Crippen LogP contribution in [0.3, 0.4) is 0 Å². The molecule has 14 heavy (non-hydrogen) atoms. The first kappa shape index (κ1) is 11.6. The Hall–Kier alpha value is -0.430. The number of nitrogens with zero attached hydrogens (tertiary/aromatic N) is 2. The summed E-state index contributed by atoms with van der Waals surface area (Å²) in [6, 6.07) is 0. The van der Waals surface area contributed by atoms with Crippen molar-refractivity contribution in [3.63, 3.8) is 0 Å². The van der Waals surface area contributed by atoms with Crippen LogP contribution >= 0.6 is 22.6 Å². The first-order valence-electron chi connectivity index (χ1n) is 4.42. The zero-order valence-electron chi connectivity index (χ0n) is 8.20. The molecule has 1 aromatic rings. The first-order chi connectivity index (χ1) is 6.52. The van der Waals surface area contributed by atoms with Gasteiger partial charge < -0.3 is 5.11 Å². The van der Waals surface area contributed by atoms with E-state index in [1.165, 1.54) is 0 Å². The average molecular weight is 308 g/mol. The first-order valence-corrected chi connectivity index (χ1v) is 5.50. The van der Waals surface area contributed by atoms with Gasteiger partial charge in [0.2, 0.25) is 0 Å². The van der Waals surface area contributed by atoms with E-state index >= 15 is 0 Å². The molecular formula is C9H13IN2O2. The molecule has 1 rings (SSSR count). The second-order valence-electron chi connectivity index (χ2n) is 3.25. The van der Waals surface area contributed by atoms with Crippen LogP contribution in [-0.2, 0) is 6.54 Å². The van der Waals surface area contributed by atoms with E-state index < -0.39 is 0 Å². The minimum Gasteiger partial charge on any atom is -0.393 e. The van der Waals surface area contributed by atoms with E-state index in [1.54, 1.807) is 24.6 Å². The molecule has 0 bridgehead atoms. The van der Waals surface area contributed by atoms with Crippen molar-refractivity contribution in [2.45, 2.75) is 32.9 Å². The van der Waals surface area contributed by atoms with Gasteiger partial charge in [0.25, 0.3) is 5.56 Å². The van der Waals surface area contributed by atoms with E-state index in [9.17, 15) is 4.79 Å². The molecule has 1 unspecified atom stereocenters. The highest BCUT2D eigenvalue weighted by molar-refractivity contribution is 14.1. The van der Waals surface area contributed by atoms with Crippen LogP contribution in [0, 0.1) is 10.5 Å². The maximum Gasteiger partial charge on any atom is 0.266 e. The van der Waals surface area contributed by atoms with Gasteiger partial charge in [0.1, 0.15) is 5.82 Å². The fourth-order valence-electron chi connectivity index (χ4n) is 1.13. The highest BCUT2D eigenvalue weighted by Gasteiger charge is 2.05. The average Bonchev–Trinajstić information content (AvgIpc) is 2.11. The molecule has 0 aromatic carbocycles. The molecule has 0 radical (unpaired) electrons. The van der Waals surface area contributed by atoms with Gasteiger partial charge in [0.05, 0.1) is 9.67 Å². The van der Waals surface area contributed by atoms with Crippen LogP contribution < -0.4 is 5.56 Å². The Bertz CT molecular complexity index is 374. The predicted octanol–water partition coefficient (Wildman–Crippen LogP) is 0.927. The normalized spacial score (nSPS) is 12.9. The van der Waals surface area contributed by atoms with Gasteiger partial charge in [-0.15, -0.1) is 0 Å². The van der Waals surface area contributed by atoms with Crippen molar-refractivity contribution in [2.24, 2.45) is 0 Å². The third-order valence-electron chi connectivity index (χ3n) is 1.98. The van der Waals surface area contributed by atoms with E-state index in [1.807, 2.05) is 22.6 Å². The molecule has 0 aliphatic heterocycles. The van der Waals surface area contributed by atoms with Gasteiger partial charge in [0, 0.05) is 12.7 Å². The van der Waals surface area contributed by atoms with Crippen LogP contribution in [0.1, 0.15) is 19.2 Å². The molecular weight excluding hydrogens is 295 g/mol. The quantitative estimate of drug-likeness (QED) is 0.845. The Morgan fingerprint density at radius 3 is 2.93 bits per heavy atom. The zero-order valence-corrected chi connectivity index (χ0v) is 10.4. The number of hydrogen-bond donors (Lipinski definition) is 1. The van der Waals surface area contributed by atoms with Crippen molar-refractivity contribution in [3.8, 4) is 0 Å². The molecule has 78 valence electrons. The lowest BCUT2D eigenvalue weighted by molar-refractivity contribution is 0.177. The molecule has 1 heterocycles. The molecule has 0 saturated carbocycles. The Balaban J connectivity index is 2.95. The van der Waals surface area contributed by atoms with Gasteiger partial charge in [-0.1, -0.05) is 0 Å². The lowest BCUT2D eigenvalue weighted by atomic mass is 10.3. The number of aliphatic hydroxyl groups is 1. The summed E-state index contributed by atoms with van der Waals surface area (Å²) in [6.45, 7) is 4.02. The van der Waals surface area contributed by atoms with E-state index in [0.29, 0.717) is 22.4 Å². The van der Waals surface area contributed by atoms with Gasteiger partial charge in [0.15, 0.2) is 0 Å². The number of aliphatic hydroxyl groups excluding tert-OH is 1. The van der Waals surface area contributed by atoms with Crippen LogP contribution in [0.4, 0.5) is 0 Å². The fourth-order valence-corrected chi connectivity index (χ4v) is 1.56. The molecule has 1 N–H and O–H groups in total. The summed E-state index contributed by atoms with van der Waals surface area (Å²) in [6.07, 6.45) is 1.75. The van der Waals surface area contributed by atoms with Crippen molar-refractivity contribution < 1.29 is 5.11 Å². The van der Waals surface area contributed by atoms with E-state index in [2.05, 4.69) is 4.98 Å². The van der Waals surface area contributed by atoms with E-state index in [4.69, 9.17) is 5.11 Å². The van der Waals surface area contributed by atoms with Crippen molar-refractivity contribution in [1.82, 2.24) is 9.55 Å². The zero-order chi connectivity index (χ0) is 10.7. The summed E-state index contributed by atoms with van der Waals surface area (Å²) in [5.74, 6) is 0.691. The van der Waals surface area contributed by atoms with Gasteiger partial charge in [-0.05, 0) is 42.9 Å². The summed E-state index contributed by atoms with van der Waals surface area (Å²) in [4.78, 5) is 15.7. The Labute approximate surface area is 96.1 Å². The molecule has 0 spiro atoms. The summed E-state index contributed by atoms with van der Waals surface area (Å²) in [7, 11) is 0. The van der Waals surface area contributed by atoms with Crippen molar-refractivity contribution in [2.75, 3.05) is 0 Å². The fraction of sp³-hybridized carbons (Fsp3) is 0.556. The monoisotopic (exact) mass is 308 g/mol. The summed E-state index contributed by atoms with van der Waals surface area (Å²) in [5, 5.41) is 9.13. The van der Waals surface area contributed by atoms with Crippen LogP contribution in [0.15, 0.2) is 11.0 Å². The topological polar surface area (TPSA) is 55.1 Å². The van der Waals surface area contributed by atoms with Crippen LogP contribution in [0.5, 0.6) is 0 Å². The molecule has 0 amide bonds.